The number of aromatic nitrogens is 2. The molecule has 2 aliphatic heterocycles. The molecule has 1 aromatic carbocycles. The minimum absolute atomic E-state index is 0.164. The second-order valence-electron chi connectivity index (χ2n) is 8.32. The molecule has 0 bridgehead atoms. The number of alkyl halides is 3. The zero-order valence-corrected chi connectivity index (χ0v) is 18.4. The van der Waals surface area contributed by atoms with Gasteiger partial charge in [-0.2, -0.15) is 13.2 Å². The molecule has 0 N–H and O–H groups in total. The van der Waals surface area contributed by atoms with Gasteiger partial charge in [0, 0.05) is 36.6 Å². The number of hydrogen-bond acceptors (Lipinski definition) is 6. The third-order valence-electron chi connectivity index (χ3n) is 6.08. The van der Waals surface area contributed by atoms with Crippen LogP contribution in [0.2, 0.25) is 0 Å². The number of fused-ring (bicyclic) bond motifs is 1. The van der Waals surface area contributed by atoms with E-state index >= 15 is 0 Å². The molecule has 0 spiro atoms. The summed E-state index contributed by atoms with van der Waals surface area (Å²) in [6.45, 7) is 9.10. The van der Waals surface area contributed by atoms with Gasteiger partial charge in [0.15, 0.2) is 0 Å². The summed E-state index contributed by atoms with van der Waals surface area (Å²) < 4.78 is 46.9. The topological polar surface area (TPSA) is 53.8 Å². The van der Waals surface area contributed by atoms with E-state index in [4.69, 9.17) is 4.74 Å². The summed E-state index contributed by atoms with van der Waals surface area (Å²) in [6, 6.07) is 5.18. The lowest BCUT2D eigenvalue weighted by molar-refractivity contribution is -0.137. The molecule has 4 rings (SSSR count). The molecule has 0 atom stereocenters. The average Bonchev–Trinajstić information content (AvgIpc) is 2.78. The van der Waals surface area contributed by atoms with E-state index < -0.39 is 11.7 Å². The van der Waals surface area contributed by atoms with Crippen molar-refractivity contribution < 1.29 is 17.9 Å². The van der Waals surface area contributed by atoms with E-state index in [1.807, 2.05) is 0 Å². The van der Waals surface area contributed by atoms with Gasteiger partial charge < -0.3 is 4.74 Å². The van der Waals surface area contributed by atoms with Gasteiger partial charge in [-0.15, -0.1) is 0 Å². The Labute approximate surface area is 185 Å². The molecule has 1 saturated heterocycles. The van der Waals surface area contributed by atoms with Gasteiger partial charge in [0.05, 0.1) is 32.1 Å². The largest absolute Gasteiger partial charge is 0.416 e. The first kappa shape index (κ1) is 22.8. The predicted octanol–water partition coefficient (Wildman–Crippen LogP) is 2.97. The lowest BCUT2D eigenvalue weighted by atomic mass is 10.2. The summed E-state index contributed by atoms with van der Waals surface area (Å²) in [4.78, 5) is 23.7. The number of hydrogen-bond donors (Lipinski definition) is 0. The molecule has 0 saturated carbocycles. The van der Waals surface area contributed by atoms with Crippen LogP contribution in [-0.4, -0.2) is 65.4 Å². The number of halogens is 3. The number of rotatable bonds is 5. The Bertz CT molecular complexity index is 1020. The fraction of sp³-hybridized carbons (Fsp3) is 0.545. The van der Waals surface area contributed by atoms with E-state index in [0.717, 1.165) is 51.4 Å². The van der Waals surface area contributed by atoms with E-state index in [9.17, 15) is 18.0 Å². The van der Waals surface area contributed by atoms with E-state index in [1.54, 1.807) is 29.4 Å². The Kier molecular flexibility index (Phi) is 6.55. The van der Waals surface area contributed by atoms with Crippen molar-refractivity contribution in [2.24, 2.45) is 0 Å². The van der Waals surface area contributed by atoms with Crippen molar-refractivity contribution in [3.63, 3.8) is 0 Å². The second-order valence-corrected chi connectivity index (χ2v) is 8.32. The molecule has 0 aliphatic carbocycles. The normalized spacial score (nSPS) is 18.1. The van der Waals surface area contributed by atoms with Crippen molar-refractivity contribution in [1.82, 2.24) is 19.4 Å². The molecule has 1 fully saturated rings. The van der Waals surface area contributed by atoms with Crippen LogP contribution in [0.4, 0.5) is 24.8 Å². The van der Waals surface area contributed by atoms with Gasteiger partial charge in [0.2, 0.25) is 5.95 Å². The number of aryl methyl sites for hydroxylation is 1. The summed E-state index contributed by atoms with van der Waals surface area (Å²) in [5, 5.41) is 0. The van der Waals surface area contributed by atoms with Crippen LogP contribution in [0.5, 0.6) is 0 Å². The van der Waals surface area contributed by atoms with Crippen LogP contribution in [0.25, 0.3) is 0 Å². The number of morpholine rings is 1. The molecule has 32 heavy (non-hydrogen) atoms. The number of ether oxygens (including phenoxy) is 1. The Morgan fingerprint density at radius 1 is 1.06 bits per heavy atom. The Balaban J connectivity index is 1.61. The van der Waals surface area contributed by atoms with Gasteiger partial charge in [-0.25, -0.2) is 4.98 Å². The van der Waals surface area contributed by atoms with Crippen molar-refractivity contribution >= 4 is 11.6 Å². The van der Waals surface area contributed by atoms with Gasteiger partial charge in [0.1, 0.15) is 0 Å². The molecule has 2 aromatic rings. The maximum absolute atomic E-state index is 13.3. The molecule has 7 nitrogen and oxygen atoms in total. The van der Waals surface area contributed by atoms with Gasteiger partial charge in [0.25, 0.3) is 5.56 Å². The highest BCUT2D eigenvalue weighted by molar-refractivity contribution is 5.59. The summed E-state index contributed by atoms with van der Waals surface area (Å²) in [7, 11) is 0. The van der Waals surface area contributed by atoms with E-state index in [2.05, 4.69) is 14.8 Å². The lowest BCUT2D eigenvalue weighted by Crippen LogP contribution is -2.48. The molecular formula is C22H28F3N5O2. The van der Waals surface area contributed by atoms with Gasteiger partial charge >= 0.3 is 6.18 Å². The van der Waals surface area contributed by atoms with E-state index in [0.29, 0.717) is 42.8 Å². The average molecular weight is 451 g/mol. The van der Waals surface area contributed by atoms with Crippen LogP contribution in [0.15, 0.2) is 29.1 Å². The van der Waals surface area contributed by atoms with Crippen LogP contribution in [0, 0.1) is 13.8 Å². The maximum Gasteiger partial charge on any atom is 0.416 e. The SMILES string of the molecule is Cc1nc2n(c(=O)c1C)CN(CCCN1CCOCC1)CN2c1cccc(C(F)(F)F)c1. The first-order valence-corrected chi connectivity index (χ1v) is 10.8. The smallest absolute Gasteiger partial charge is 0.379 e. The summed E-state index contributed by atoms with van der Waals surface area (Å²) >= 11 is 0. The zero-order valence-electron chi connectivity index (χ0n) is 18.4. The van der Waals surface area contributed by atoms with Crippen LogP contribution in [0.3, 0.4) is 0 Å². The van der Waals surface area contributed by atoms with Crippen molar-refractivity contribution in [2.75, 3.05) is 51.0 Å². The molecule has 174 valence electrons. The van der Waals surface area contributed by atoms with Gasteiger partial charge in [-0.1, -0.05) is 6.07 Å². The minimum atomic E-state index is -4.44. The third-order valence-corrected chi connectivity index (χ3v) is 6.08. The molecule has 1 aromatic heterocycles. The van der Waals surface area contributed by atoms with Crippen molar-refractivity contribution in [2.45, 2.75) is 33.1 Å². The van der Waals surface area contributed by atoms with Crippen molar-refractivity contribution in [3.05, 3.63) is 51.4 Å². The Morgan fingerprint density at radius 2 is 1.78 bits per heavy atom. The predicted molar refractivity (Wildman–Crippen MR) is 115 cm³/mol. The number of nitrogens with zero attached hydrogens (tertiary/aromatic N) is 5. The standard InChI is InChI=1S/C22H28F3N5O2/c1-16-17(2)26-21-29(19-6-3-5-18(13-19)22(23,24)25)14-28(15-30(21)20(16)31)8-4-7-27-9-11-32-12-10-27/h3,5-6,13H,4,7-12,14-15H2,1-2H3. The van der Waals surface area contributed by atoms with Crippen LogP contribution in [0.1, 0.15) is 23.2 Å². The fourth-order valence-corrected chi connectivity index (χ4v) is 4.12. The van der Waals surface area contributed by atoms with Gasteiger partial charge in [-0.05, 0) is 45.0 Å². The summed E-state index contributed by atoms with van der Waals surface area (Å²) in [6.07, 6.45) is -3.56. The Hall–Kier alpha value is -2.43. The van der Waals surface area contributed by atoms with Crippen LogP contribution < -0.4 is 10.5 Å². The molecule has 2 aliphatic rings. The molecule has 0 amide bonds. The maximum atomic E-state index is 13.3. The fourth-order valence-electron chi connectivity index (χ4n) is 4.12. The molecule has 3 heterocycles. The highest BCUT2D eigenvalue weighted by Crippen LogP contribution is 2.34. The van der Waals surface area contributed by atoms with E-state index in [1.165, 1.54) is 6.07 Å². The first-order chi connectivity index (χ1) is 15.2. The quantitative estimate of drug-likeness (QED) is 0.697. The lowest BCUT2D eigenvalue weighted by Gasteiger charge is -2.39. The highest BCUT2D eigenvalue weighted by atomic mass is 19.4. The summed E-state index contributed by atoms with van der Waals surface area (Å²) in [5.41, 5.74) is 0.605. The van der Waals surface area contributed by atoms with Crippen LogP contribution in [-0.2, 0) is 17.6 Å². The highest BCUT2D eigenvalue weighted by Gasteiger charge is 2.32. The molecule has 10 heteroatoms. The minimum Gasteiger partial charge on any atom is -0.379 e. The second kappa shape index (κ2) is 9.21. The first-order valence-electron chi connectivity index (χ1n) is 10.8. The van der Waals surface area contributed by atoms with Crippen LogP contribution >= 0.6 is 0 Å². The number of benzene rings is 1. The third kappa shape index (κ3) is 4.82. The Morgan fingerprint density at radius 3 is 2.50 bits per heavy atom. The zero-order chi connectivity index (χ0) is 22.9. The van der Waals surface area contributed by atoms with Gasteiger partial charge in [-0.3, -0.25) is 24.1 Å². The monoisotopic (exact) mass is 451 g/mol. The molecule has 0 unspecified atom stereocenters. The summed E-state index contributed by atoms with van der Waals surface area (Å²) in [5.74, 6) is 0.377. The van der Waals surface area contributed by atoms with Crippen molar-refractivity contribution in [3.8, 4) is 0 Å². The van der Waals surface area contributed by atoms with Crippen molar-refractivity contribution in [1.29, 1.82) is 0 Å². The molecule has 0 radical (unpaired) electrons. The number of anilines is 2. The molecular weight excluding hydrogens is 423 g/mol. The van der Waals surface area contributed by atoms with E-state index in [-0.39, 0.29) is 5.56 Å².